The summed E-state index contributed by atoms with van der Waals surface area (Å²) in [4.78, 5) is 12.5. The van der Waals surface area contributed by atoms with Crippen molar-refractivity contribution in [3.8, 4) is 5.75 Å². The summed E-state index contributed by atoms with van der Waals surface area (Å²) in [5.74, 6) is 2.02. The van der Waals surface area contributed by atoms with E-state index in [-0.39, 0.29) is 24.5 Å². The van der Waals surface area contributed by atoms with E-state index in [0.29, 0.717) is 23.7 Å². The highest BCUT2D eigenvalue weighted by molar-refractivity contribution is 8.03. The van der Waals surface area contributed by atoms with E-state index in [1.54, 1.807) is 0 Å². The van der Waals surface area contributed by atoms with E-state index in [4.69, 9.17) is 4.74 Å². The van der Waals surface area contributed by atoms with Crippen LogP contribution >= 0.6 is 11.8 Å². The molecule has 1 fully saturated rings. The standard InChI is InChI=1S/C22H31NO3S/c1-3-5-15(2)14-26-17-9-7-16(8-10-17)20(13-24)23-22(25)19-12-18(19)21-6-4-11-27-21/h4,7-11,15,18-21,24H,3,5-6,12-14H2,1-2H3,(H,23,25)/t15?,18-,19-,20-,21?/m0/s1. The first-order chi connectivity index (χ1) is 13.1. The predicted octanol–water partition coefficient (Wildman–Crippen LogP) is 4.31. The summed E-state index contributed by atoms with van der Waals surface area (Å²) in [6.45, 7) is 4.99. The predicted molar refractivity (Wildman–Crippen MR) is 111 cm³/mol. The van der Waals surface area contributed by atoms with Crippen molar-refractivity contribution in [1.82, 2.24) is 5.32 Å². The van der Waals surface area contributed by atoms with Gasteiger partial charge in [0.15, 0.2) is 0 Å². The molecule has 2 N–H and O–H groups in total. The lowest BCUT2D eigenvalue weighted by molar-refractivity contribution is -0.123. The van der Waals surface area contributed by atoms with E-state index >= 15 is 0 Å². The van der Waals surface area contributed by atoms with Crippen molar-refractivity contribution in [2.24, 2.45) is 17.8 Å². The van der Waals surface area contributed by atoms with Gasteiger partial charge >= 0.3 is 0 Å². The lowest BCUT2D eigenvalue weighted by Crippen LogP contribution is -2.32. The van der Waals surface area contributed by atoms with E-state index in [1.807, 2.05) is 36.0 Å². The van der Waals surface area contributed by atoms with Gasteiger partial charge in [0.25, 0.3) is 0 Å². The van der Waals surface area contributed by atoms with Crippen molar-refractivity contribution in [3.05, 3.63) is 41.3 Å². The molecule has 4 nitrogen and oxygen atoms in total. The van der Waals surface area contributed by atoms with Gasteiger partial charge in [-0.2, -0.15) is 0 Å². The third-order valence-corrected chi connectivity index (χ3v) is 6.71. The molecule has 0 radical (unpaired) electrons. The number of aliphatic hydroxyl groups excluding tert-OH is 1. The molecule has 5 heteroatoms. The Hall–Kier alpha value is -1.46. The number of ether oxygens (including phenoxy) is 1. The number of hydrogen-bond acceptors (Lipinski definition) is 4. The molecule has 1 heterocycles. The number of carbonyl (C=O) groups excluding carboxylic acids is 1. The Balaban J connectivity index is 1.49. The summed E-state index contributed by atoms with van der Waals surface area (Å²) >= 11 is 1.84. The van der Waals surface area contributed by atoms with Crippen LogP contribution in [0.4, 0.5) is 0 Å². The number of benzene rings is 1. The van der Waals surface area contributed by atoms with Gasteiger partial charge in [-0.05, 0) is 54.2 Å². The van der Waals surface area contributed by atoms with Crippen LogP contribution in [0.25, 0.3) is 0 Å². The van der Waals surface area contributed by atoms with E-state index in [2.05, 4.69) is 30.6 Å². The van der Waals surface area contributed by atoms with Crippen LogP contribution in [-0.4, -0.2) is 29.5 Å². The number of hydrogen-bond donors (Lipinski definition) is 2. The van der Waals surface area contributed by atoms with Gasteiger partial charge in [0.1, 0.15) is 5.75 Å². The third-order valence-electron chi connectivity index (χ3n) is 5.47. The number of thioether (sulfide) groups is 1. The number of allylic oxidation sites excluding steroid dienone is 1. The molecule has 1 aliphatic carbocycles. The highest BCUT2D eigenvalue weighted by atomic mass is 32.2. The van der Waals surface area contributed by atoms with Crippen LogP contribution in [0.2, 0.25) is 0 Å². The highest BCUT2D eigenvalue weighted by Crippen LogP contribution is 2.49. The Labute approximate surface area is 166 Å². The summed E-state index contributed by atoms with van der Waals surface area (Å²) in [5, 5.41) is 15.5. The minimum Gasteiger partial charge on any atom is -0.493 e. The van der Waals surface area contributed by atoms with E-state index in [9.17, 15) is 9.90 Å². The number of nitrogens with one attached hydrogen (secondary N) is 1. The minimum atomic E-state index is -0.360. The van der Waals surface area contributed by atoms with E-state index < -0.39 is 0 Å². The lowest BCUT2D eigenvalue weighted by Gasteiger charge is -2.18. The molecule has 1 amide bonds. The van der Waals surface area contributed by atoms with Crippen molar-refractivity contribution in [2.75, 3.05) is 13.2 Å². The summed E-state index contributed by atoms with van der Waals surface area (Å²) in [6.07, 6.45) is 6.55. The zero-order chi connectivity index (χ0) is 19.2. The van der Waals surface area contributed by atoms with Gasteiger partial charge in [0.05, 0.1) is 19.3 Å². The molecule has 1 aliphatic heterocycles. The number of amides is 1. The van der Waals surface area contributed by atoms with Crippen molar-refractivity contribution in [3.63, 3.8) is 0 Å². The molecule has 27 heavy (non-hydrogen) atoms. The van der Waals surface area contributed by atoms with Crippen molar-refractivity contribution in [2.45, 2.75) is 50.8 Å². The summed E-state index contributed by atoms with van der Waals surface area (Å²) < 4.78 is 5.83. The third kappa shape index (κ3) is 5.52. The second-order valence-electron chi connectivity index (χ2n) is 7.81. The summed E-state index contributed by atoms with van der Waals surface area (Å²) in [6, 6.07) is 7.35. The average Bonchev–Trinajstić information content (AvgIpc) is 3.30. The van der Waals surface area contributed by atoms with Gasteiger partial charge in [-0.15, -0.1) is 11.8 Å². The van der Waals surface area contributed by atoms with Gasteiger partial charge in [0.2, 0.25) is 5.91 Å². The van der Waals surface area contributed by atoms with Crippen molar-refractivity contribution in [1.29, 1.82) is 0 Å². The largest absolute Gasteiger partial charge is 0.493 e. The first kappa shape index (κ1) is 20.3. The van der Waals surface area contributed by atoms with E-state index in [1.165, 1.54) is 6.42 Å². The Kier molecular flexibility index (Phi) is 7.25. The number of rotatable bonds is 10. The Morgan fingerprint density at radius 1 is 1.37 bits per heavy atom. The molecule has 2 unspecified atom stereocenters. The zero-order valence-corrected chi connectivity index (χ0v) is 17.1. The van der Waals surface area contributed by atoms with Crippen LogP contribution < -0.4 is 10.1 Å². The van der Waals surface area contributed by atoms with Gasteiger partial charge < -0.3 is 15.2 Å². The molecule has 2 aliphatic rings. The van der Waals surface area contributed by atoms with Gasteiger partial charge in [-0.25, -0.2) is 0 Å². The second kappa shape index (κ2) is 9.65. The molecule has 0 saturated heterocycles. The van der Waals surface area contributed by atoms with Crippen LogP contribution in [0.3, 0.4) is 0 Å². The average molecular weight is 390 g/mol. The topological polar surface area (TPSA) is 58.6 Å². The number of carbonyl (C=O) groups is 1. The van der Waals surface area contributed by atoms with Crippen LogP contribution in [0, 0.1) is 17.8 Å². The molecule has 1 saturated carbocycles. The lowest BCUT2D eigenvalue weighted by atomic mass is 10.1. The smallest absolute Gasteiger partial charge is 0.224 e. The first-order valence-corrected chi connectivity index (χ1v) is 11.0. The molecule has 0 spiro atoms. The number of aliphatic hydroxyl groups is 1. The first-order valence-electron chi connectivity index (χ1n) is 10.1. The molecular weight excluding hydrogens is 358 g/mol. The maximum atomic E-state index is 12.5. The minimum absolute atomic E-state index is 0.0697. The Bertz CT molecular complexity index is 637. The maximum absolute atomic E-state index is 12.5. The molecule has 3 rings (SSSR count). The normalized spacial score (nSPS) is 25.8. The molecule has 1 aromatic carbocycles. The van der Waals surface area contributed by atoms with Crippen LogP contribution in [-0.2, 0) is 4.79 Å². The van der Waals surface area contributed by atoms with Gasteiger partial charge in [0, 0.05) is 11.2 Å². The highest BCUT2D eigenvalue weighted by Gasteiger charge is 2.48. The van der Waals surface area contributed by atoms with Gasteiger partial charge in [-0.1, -0.05) is 38.5 Å². The maximum Gasteiger partial charge on any atom is 0.224 e. The fraction of sp³-hybridized carbons (Fsp3) is 0.591. The molecule has 1 aromatic rings. The molecule has 0 aromatic heterocycles. The molecule has 148 valence electrons. The fourth-order valence-corrected chi connectivity index (χ4v) is 4.88. The molecule has 0 bridgehead atoms. The second-order valence-corrected chi connectivity index (χ2v) is 8.96. The van der Waals surface area contributed by atoms with Crippen LogP contribution in [0.15, 0.2) is 35.7 Å². The van der Waals surface area contributed by atoms with Crippen LogP contribution in [0.5, 0.6) is 5.75 Å². The fourth-order valence-electron chi connectivity index (χ4n) is 3.73. The summed E-state index contributed by atoms with van der Waals surface area (Å²) in [5.41, 5.74) is 0.911. The van der Waals surface area contributed by atoms with Crippen LogP contribution in [0.1, 0.15) is 51.1 Å². The summed E-state index contributed by atoms with van der Waals surface area (Å²) in [7, 11) is 0. The molecule has 5 atom stereocenters. The quantitative estimate of drug-likeness (QED) is 0.626. The van der Waals surface area contributed by atoms with E-state index in [0.717, 1.165) is 30.6 Å². The van der Waals surface area contributed by atoms with Crippen molar-refractivity contribution >= 4 is 17.7 Å². The molecular formula is C22H31NO3S. The van der Waals surface area contributed by atoms with Crippen molar-refractivity contribution < 1.29 is 14.6 Å². The Morgan fingerprint density at radius 3 is 2.78 bits per heavy atom. The Morgan fingerprint density at radius 2 is 2.15 bits per heavy atom. The monoisotopic (exact) mass is 389 g/mol. The zero-order valence-electron chi connectivity index (χ0n) is 16.3. The SMILES string of the molecule is CCCC(C)COc1ccc([C@H](CO)NC(=O)[C@H]2C[C@@H]2C2CC=CS2)cc1. The van der Waals surface area contributed by atoms with Gasteiger partial charge in [-0.3, -0.25) is 4.79 Å².